The summed E-state index contributed by atoms with van der Waals surface area (Å²) in [6.45, 7) is 3.62. The van der Waals surface area contributed by atoms with Crippen LogP contribution in [0.25, 0.3) is 0 Å². The molecule has 17 heavy (non-hydrogen) atoms. The molecule has 0 bridgehead atoms. The van der Waals surface area contributed by atoms with Crippen LogP contribution in [0.15, 0.2) is 18.2 Å². The molecule has 0 aromatic heterocycles. The van der Waals surface area contributed by atoms with Gasteiger partial charge in [0, 0.05) is 16.8 Å². The zero-order chi connectivity index (χ0) is 12.8. The van der Waals surface area contributed by atoms with E-state index in [1.54, 1.807) is 0 Å². The second-order valence-electron chi connectivity index (χ2n) is 4.67. The molecule has 1 aromatic carbocycles. The van der Waals surface area contributed by atoms with Crippen LogP contribution in [0, 0.1) is 0 Å². The highest BCUT2D eigenvalue weighted by Gasteiger charge is 2.35. The smallest absolute Gasteiger partial charge is 0.416 e. The fourth-order valence-electron chi connectivity index (χ4n) is 1.83. The largest absolute Gasteiger partial charge is 0.487 e. The molecule has 1 aliphatic heterocycles. The Kier molecular flexibility index (Phi) is 2.69. The summed E-state index contributed by atoms with van der Waals surface area (Å²) >= 11 is 5.18. The molecule has 0 N–H and O–H groups in total. The summed E-state index contributed by atoms with van der Waals surface area (Å²) in [5.41, 5.74) is -0.669. The van der Waals surface area contributed by atoms with Gasteiger partial charge in [-0.1, -0.05) is 12.2 Å². The molecule has 1 nitrogen and oxygen atoms in total. The van der Waals surface area contributed by atoms with E-state index in [-0.39, 0.29) is 5.75 Å². The summed E-state index contributed by atoms with van der Waals surface area (Å²) in [4.78, 5) is 0.643. The molecule has 0 fully saturated rings. The van der Waals surface area contributed by atoms with Crippen molar-refractivity contribution < 1.29 is 17.9 Å². The molecule has 0 radical (unpaired) electrons. The molecule has 1 aromatic rings. The van der Waals surface area contributed by atoms with Crippen LogP contribution in [0.1, 0.15) is 31.4 Å². The van der Waals surface area contributed by atoms with E-state index in [0.29, 0.717) is 16.8 Å². The van der Waals surface area contributed by atoms with Crippen molar-refractivity contribution >= 4 is 17.1 Å². The van der Waals surface area contributed by atoms with Gasteiger partial charge in [0.15, 0.2) is 0 Å². The fraction of sp³-hybridized carbons (Fsp3) is 0.417. The standard InChI is InChI=1S/C12H11F3OS/c1-11(2)6-10(17)8-4-3-7(12(13,14)15)5-9(8)16-11/h3-5H,6H2,1-2H3. The highest BCUT2D eigenvalue weighted by molar-refractivity contribution is 7.80. The molecular formula is C12H11F3OS. The fourth-order valence-corrected chi connectivity index (χ4v) is 2.35. The first kappa shape index (κ1) is 12.4. The molecule has 1 heterocycles. The van der Waals surface area contributed by atoms with Crippen LogP contribution in [0.2, 0.25) is 0 Å². The Balaban J connectivity index is 2.49. The number of thiocarbonyl (C=S) groups is 1. The van der Waals surface area contributed by atoms with Gasteiger partial charge < -0.3 is 4.74 Å². The van der Waals surface area contributed by atoms with Crippen LogP contribution in [0.5, 0.6) is 5.75 Å². The Bertz CT molecular complexity index is 477. The maximum atomic E-state index is 12.6. The van der Waals surface area contributed by atoms with Gasteiger partial charge in [-0.15, -0.1) is 0 Å². The molecule has 0 unspecified atom stereocenters. The normalized spacial score (nSPS) is 18.5. The van der Waals surface area contributed by atoms with Crippen LogP contribution in [-0.4, -0.2) is 10.5 Å². The molecule has 1 aliphatic rings. The summed E-state index contributed by atoms with van der Waals surface area (Å²) in [5, 5.41) is 0. The summed E-state index contributed by atoms with van der Waals surface area (Å²) < 4.78 is 43.2. The van der Waals surface area contributed by atoms with Gasteiger partial charge in [-0.25, -0.2) is 0 Å². The van der Waals surface area contributed by atoms with Gasteiger partial charge in [-0.05, 0) is 32.0 Å². The van der Waals surface area contributed by atoms with Crippen LogP contribution in [0.3, 0.4) is 0 Å². The monoisotopic (exact) mass is 260 g/mol. The number of benzene rings is 1. The number of ether oxygens (including phenoxy) is 1. The number of alkyl halides is 3. The van der Waals surface area contributed by atoms with Gasteiger partial charge in [-0.2, -0.15) is 13.2 Å². The summed E-state index contributed by atoms with van der Waals surface area (Å²) in [6.07, 6.45) is -3.82. The van der Waals surface area contributed by atoms with E-state index in [9.17, 15) is 13.2 Å². The quantitative estimate of drug-likeness (QED) is 0.652. The van der Waals surface area contributed by atoms with Crippen LogP contribution >= 0.6 is 12.2 Å². The maximum absolute atomic E-state index is 12.6. The Labute approximate surface area is 103 Å². The number of halogens is 3. The van der Waals surface area contributed by atoms with E-state index < -0.39 is 17.3 Å². The zero-order valence-electron chi connectivity index (χ0n) is 9.39. The van der Waals surface area contributed by atoms with Gasteiger partial charge >= 0.3 is 6.18 Å². The van der Waals surface area contributed by atoms with Crippen molar-refractivity contribution in [2.45, 2.75) is 32.0 Å². The zero-order valence-corrected chi connectivity index (χ0v) is 10.2. The molecule has 0 amide bonds. The van der Waals surface area contributed by atoms with Gasteiger partial charge in [0.05, 0.1) is 5.56 Å². The van der Waals surface area contributed by atoms with Crippen molar-refractivity contribution in [1.29, 1.82) is 0 Å². The first-order valence-corrected chi connectivity index (χ1v) is 5.53. The Morgan fingerprint density at radius 3 is 2.53 bits per heavy atom. The third kappa shape index (κ3) is 2.44. The lowest BCUT2D eigenvalue weighted by molar-refractivity contribution is -0.137. The topological polar surface area (TPSA) is 9.23 Å². The SMILES string of the molecule is CC1(C)CC(=S)c2ccc(C(F)(F)F)cc2O1. The Morgan fingerprint density at radius 1 is 1.29 bits per heavy atom. The molecule has 0 saturated heterocycles. The minimum atomic E-state index is -4.36. The van der Waals surface area contributed by atoms with E-state index in [4.69, 9.17) is 17.0 Å². The summed E-state index contributed by atoms with van der Waals surface area (Å²) in [6, 6.07) is 3.44. The van der Waals surface area contributed by atoms with Crippen molar-refractivity contribution in [3.8, 4) is 5.75 Å². The van der Waals surface area contributed by atoms with Crippen LogP contribution in [-0.2, 0) is 6.18 Å². The predicted molar refractivity (Wildman–Crippen MR) is 62.5 cm³/mol. The molecule has 0 atom stereocenters. The molecule has 2 rings (SSSR count). The number of rotatable bonds is 0. The second kappa shape index (κ2) is 3.70. The molecule has 92 valence electrons. The third-order valence-electron chi connectivity index (χ3n) is 2.58. The van der Waals surface area contributed by atoms with Crippen molar-refractivity contribution in [3.63, 3.8) is 0 Å². The van der Waals surface area contributed by atoms with Gasteiger partial charge in [0.1, 0.15) is 11.4 Å². The Morgan fingerprint density at radius 2 is 1.94 bits per heavy atom. The van der Waals surface area contributed by atoms with E-state index in [0.717, 1.165) is 12.1 Å². The minimum Gasteiger partial charge on any atom is -0.487 e. The molecule has 0 spiro atoms. The highest BCUT2D eigenvalue weighted by Crippen LogP contribution is 2.38. The first-order chi connectivity index (χ1) is 7.69. The van der Waals surface area contributed by atoms with E-state index in [2.05, 4.69) is 0 Å². The second-order valence-corrected chi connectivity index (χ2v) is 5.16. The average Bonchev–Trinajstić information content (AvgIpc) is 2.13. The average molecular weight is 260 g/mol. The van der Waals surface area contributed by atoms with E-state index in [1.807, 2.05) is 13.8 Å². The lowest BCUT2D eigenvalue weighted by Crippen LogP contribution is -2.35. The van der Waals surface area contributed by atoms with E-state index in [1.165, 1.54) is 6.07 Å². The third-order valence-corrected chi connectivity index (χ3v) is 2.95. The number of hydrogen-bond acceptors (Lipinski definition) is 2. The van der Waals surface area contributed by atoms with Gasteiger partial charge in [-0.3, -0.25) is 0 Å². The number of hydrogen-bond donors (Lipinski definition) is 0. The molecule has 0 saturated carbocycles. The summed E-state index contributed by atoms with van der Waals surface area (Å²) in [7, 11) is 0. The first-order valence-electron chi connectivity index (χ1n) is 5.12. The van der Waals surface area contributed by atoms with Crippen LogP contribution < -0.4 is 4.74 Å². The van der Waals surface area contributed by atoms with Gasteiger partial charge in [0.2, 0.25) is 0 Å². The lowest BCUT2D eigenvalue weighted by atomic mass is 9.93. The predicted octanol–water partition coefficient (Wildman–Crippen LogP) is 3.98. The Hall–Kier alpha value is -1.10. The molecule has 0 aliphatic carbocycles. The van der Waals surface area contributed by atoms with Crippen molar-refractivity contribution in [1.82, 2.24) is 0 Å². The van der Waals surface area contributed by atoms with Gasteiger partial charge in [0.25, 0.3) is 0 Å². The van der Waals surface area contributed by atoms with Crippen molar-refractivity contribution in [2.24, 2.45) is 0 Å². The highest BCUT2D eigenvalue weighted by atomic mass is 32.1. The molecular weight excluding hydrogens is 249 g/mol. The van der Waals surface area contributed by atoms with Crippen LogP contribution in [0.4, 0.5) is 13.2 Å². The van der Waals surface area contributed by atoms with Crippen molar-refractivity contribution in [3.05, 3.63) is 29.3 Å². The van der Waals surface area contributed by atoms with Crippen molar-refractivity contribution in [2.75, 3.05) is 0 Å². The lowest BCUT2D eigenvalue weighted by Gasteiger charge is -2.33. The maximum Gasteiger partial charge on any atom is 0.416 e. The summed E-state index contributed by atoms with van der Waals surface area (Å²) in [5.74, 6) is 0.223. The minimum absolute atomic E-state index is 0.223. The molecule has 5 heteroatoms. The van der Waals surface area contributed by atoms with E-state index >= 15 is 0 Å². The number of fused-ring (bicyclic) bond motifs is 1.